The second-order valence-corrected chi connectivity index (χ2v) is 7.92. The van der Waals surface area contributed by atoms with E-state index in [0.29, 0.717) is 22.4 Å². The van der Waals surface area contributed by atoms with Gasteiger partial charge < -0.3 is 9.64 Å². The average Bonchev–Trinajstić information content (AvgIpc) is 2.83. The zero-order valence-corrected chi connectivity index (χ0v) is 16.8. The Morgan fingerprint density at radius 3 is 2.65 bits per heavy atom. The Kier molecular flexibility index (Phi) is 7.56. The van der Waals surface area contributed by atoms with Crippen molar-refractivity contribution in [1.82, 2.24) is 4.90 Å². The number of thiocarbonyl (C=S) groups is 1. The van der Waals surface area contributed by atoms with Gasteiger partial charge in [0.2, 0.25) is 0 Å². The van der Waals surface area contributed by atoms with Gasteiger partial charge in [-0.3, -0.25) is 14.5 Å². The third-order valence-corrected chi connectivity index (χ3v) is 4.96. The predicted octanol–water partition coefficient (Wildman–Crippen LogP) is 1.52. The van der Waals surface area contributed by atoms with Crippen LogP contribution < -0.4 is 4.90 Å². The van der Waals surface area contributed by atoms with Crippen LogP contribution in [0.3, 0.4) is 0 Å². The Balaban J connectivity index is 1.99. The maximum absolute atomic E-state index is 12.5. The van der Waals surface area contributed by atoms with Crippen molar-refractivity contribution in [1.29, 1.82) is 0 Å². The van der Waals surface area contributed by atoms with Crippen molar-refractivity contribution in [3.05, 3.63) is 52.4 Å². The van der Waals surface area contributed by atoms with Crippen molar-refractivity contribution in [2.75, 3.05) is 33.8 Å². The van der Waals surface area contributed by atoms with Gasteiger partial charge >= 0.3 is 5.97 Å². The van der Waals surface area contributed by atoms with E-state index in [4.69, 9.17) is 17.0 Å². The molecule has 1 aromatic carbocycles. The van der Waals surface area contributed by atoms with Crippen LogP contribution in [0.1, 0.15) is 12.5 Å². The number of likely N-dealkylation sites (N-methyl/N-ethyl adjacent to an activating group) is 1. The standard InChI is InChI=1S/C19H22N2O3S2/c1-14(11-15-7-5-4-6-8-15)12-16-18(23)21(19(25)26-16)13-17(22)24-10-9-20(2)3/h4-8,11-12H,9-10,13H2,1-3H3/p+1/b14-11+,16-12-. The molecule has 2 rings (SSSR count). The highest BCUT2D eigenvalue weighted by Gasteiger charge is 2.33. The van der Waals surface area contributed by atoms with Crippen molar-refractivity contribution >= 4 is 46.3 Å². The van der Waals surface area contributed by atoms with E-state index in [-0.39, 0.29) is 12.5 Å². The number of allylic oxidation sites excluding steroid dienone is 2. The summed E-state index contributed by atoms with van der Waals surface area (Å²) in [6, 6.07) is 9.86. The number of hydrogen-bond donors (Lipinski definition) is 1. The number of nitrogens with one attached hydrogen (secondary N) is 1. The third-order valence-electron chi connectivity index (χ3n) is 3.58. The van der Waals surface area contributed by atoms with Crippen LogP contribution in [0, 0.1) is 0 Å². The number of thioether (sulfide) groups is 1. The molecule has 0 bridgehead atoms. The van der Waals surface area contributed by atoms with Crippen LogP contribution in [0.4, 0.5) is 0 Å². The Labute approximate surface area is 163 Å². The molecule has 0 saturated carbocycles. The molecule has 1 N–H and O–H groups in total. The summed E-state index contributed by atoms with van der Waals surface area (Å²) in [5.74, 6) is -0.698. The van der Waals surface area contributed by atoms with Gasteiger partial charge in [-0.25, -0.2) is 0 Å². The van der Waals surface area contributed by atoms with E-state index in [9.17, 15) is 9.59 Å². The number of rotatable bonds is 7. The van der Waals surface area contributed by atoms with Gasteiger partial charge in [-0.15, -0.1) is 0 Å². The predicted molar refractivity (Wildman–Crippen MR) is 109 cm³/mol. The van der Waals surface area contributed by atoms with Crippen LogP contribution in [0.5, 0.6) is 0 Å². The lowest BCUT2D eigenvalue weighted by molar-refractivity contribution is -0.858. The number of quaternary nitrogens is 1. The van der Waals surface area contributed by atoms with E-state index in [0.717, 1.165) is 11.1 Å². The van der Waals surface area contributed by atoms with Crippen molar-refractivity contribution in [3.8, 4) is 0 Å². The largest absolute Gasteiger partial charge is 0.458 e. The van der Waals surface area contributed by atoms with E-state index in [1.165, 1.54) is 21.6 Å². The summed E-state index contributed by atoms with van der Waals surface area (Å²) >= 11 is 6.45. The molecule has 5 nitrogen and oxygen atoms in total. The highest BCUT2D eigenvalue weighted by molar-refractivity contribution is 8.26. The number of amides is 1. The fourth-order valence-electron chi connectivity index (χ4n) is 2.24. The molecule has 26 heavy (non-hydrogen) atoms. The summed E-state index contributed by atoms with van der Waals surface area (Å²) in [6.45, 7) is 2.82. The summed E-state index contributed by atoms with van der Waals surface area (Å²) in [6.07, 6.45) is 3.79. The lowest BCUT2D eigenvalue weighted by Crippen LogP contribution is -3.06. The number of esters is 1. The molecule has 1 heterocycles. The summed E-state index contributed by atoms with van der Waals surface area (Å²) in [5, 5.41) is 0. The van der Waals surface area contributed by atoms with Gasteiger partial charge in [0.25, 0.3) is 5.91 Å². The van der Waals surface area contributed by atoms with E-state index in [1.807, 2.05) is 57.4 Å². The number of nitrogens with zero attached hydrogens (tertiary/aromatic N) is 1. The molecule has 1 saturated heterocycles. The van der Waals surface area contributed by atoms with Crippen LogP contribution in [0.25, 0.3) is 6.08 Å². The molecular formula is C19H23N2O3S2+. The molecule has 7 heteroatoms. The topological polar surface area (TPSA) is 51.1 Å². The van der Waals surface area contributed by atoms with E-state index in [1.54, 1.807) is 6.08 Å². The summed E-state index contributed by atoms with van der Waals surface area (Å²) in [5.41, 5.74) is 2.00. The quantitative estimate of drug-likeness (QED) is 0.434. The molecular weight excluding hydrogens is 368 g/mol. The smallest absolute Gasteiger partial charge is 0.326 e. The van der Waals surface area contributed by atoms with Gasteiger partial charge in [0.15, 0.2) is 0 Å². The van der Waals surface area contributed by atoms with Crippen molar-refractivity contribution in [2.45, 2.75) is 6.92 Å². The Morgan fingerprint density at radius 2 is 2.00 bits per heavy atom. The van der Waals surface area contributed by atoms with Crippen LogP contribution >= 0.6 is 24.0 Å². The third kappa shape index (κ3) is 6.09. The first kappa shape index (κ1) is 20.4. The molecule has 0 radical (unpaired) electrons. The lowest BCUT2D eigenvalue weighted by Gasteiger charge is -2.14. The minimum absolute atomic E-state index is 0.147. The number of benzene rings is 1. The molecule has 138 valence electrons. The minimum Gasteiger partial charge on any atom is -0.458 e. The number of carbonyl (C=O) groups excluding carboxylic acids is 2. The first-order valence-corrected chi connectivity index (χ1v) is 9.52. The number of carbonyl (C=O) groups is 2. The van der Waals surface area contributed by atoms with Gasteiger partial charge in [-0.2, -0.15) is 0 Å². The van der Waals surface area contributed by atoms with Gasteiger partial charge in [0.1, 0.15) is 24.0 Å². The van der Waals surface area contributed by atoms with Gasteiger partial charge in [-0.05, 0) is 24.1 Å². The molecule has 0 spiro atoms. The fraction of sp³-hybridized carbons (Fsp3) is 0.316. The fourth-order valence-corrected chi connectivity index (χ4v) is 3.55. The van der Waals surface area contributed by atoms with Gasteiger partial charge in [0.05, 0.1) is 19.0 Å². The van der Waals surface area contributed by atoms with Crippen LogP contribution in [-0.4, -0.2) is 54.9 Å². The molecule has 1 amide bonds. The molecule has 0 atom stereocenters. The highest BCUT2D eigenvalue weighted by Crippen LogP contribution is 2.31. The van der Waals surface area contributed by atoms with E-state index < -0.39 is 5.97 Å². The first-order chi connectivity index (χ1) is 12.4. The van der Waals surface area contributed by atoms with Crippen LogP contribution in [0.2, 0.25) is 0 Å². The number of hydrogen-bond acceptors (Lipinski definition) is 5. The first-order valence-electron chi connectivity index (χ1n) is 8.30. The monoisotopic (exact) mass is 391 g/mol. The molecule has 0 aliphatic carbocycles. The Bertz CT molecular complexity index is 742. The zero-order chi connectivity index (χ0) is 19.1. The zero-order valence-electron chi connectivity index (χ0n) is 15.2. The van der Waals surface area contributed by atoms with Gasteiger partial charge in [-0.1, -0.05) is 60.4 Å². The maximum Gasteiger partial charge on any atom is 0.326 e. The molecule has 1 aliphatic heterocycles. The molecule has 1 fully saturated rings. The maximum atomic E-state index is 12.5. The second-order valence-electron chi connectivity index (χ2n) is 6.24. The van der Waals surface area contributed by atoms with Crippen molar-refractivity contribution in [3.63, 3.8) is 0 Å². The molecule has 1 aromatic rings. The molecule has 0 unspecified atom stereocenters. The minimum atomic E-state index is -0.444. The van der Waals surface area contributed by atoms with E-state index in [2.05, 4.69) is 0 Å². The van der Waals surface area contributed by atoms with Crippen molar-refractivity contribution < 1.29 is 19.2 Å². The van der Waals surface area contributed by atoms with E-state index >= 15 is 0 Å². The van der Waals surface area contributed by atoms with Crippen molar-refractivity contribution in [2.24, 2.45) is 0 Å². The summed E-state index contributed by atoms with van der Waals surface area (Å²) in [4.78, 5) is 27.5. The summed E-state index contributed by atoms with van der Waals surface area (Å²) in [7, 11) is 3.96. The molecule has 0 aromatic heterocycles. The normalized spacial score (nSPS) is 16.7. The van der Waals surface area contributed by atoms with Gasteiger partial charge in [0, 0.05) is 0 Å². The second kappa shape index (κ2) is 9.66. The lowest BCUT2D eigenvalue weighted by atomic mass is 10.1. The Morgan fingerprint density at radius 1 is 1.31 bits per heavy atom. The highest BCUT2D eigenvalue weighted by atomic mass is 32.2. The van der Waals surface area contributed by atoms with Crippen LogP contribution in [0.15, 0.2) is 46.9 Å². The van der Waals surface area contributed by atoms with Crippen LogP contribution in [-0.2, 0) is 14.3 Å². The molecule has 1 aliphatic rings. The number of ether oxygens (including phenoxy) is 1. The average molecular weight is 392 g/mol. The summed E-state index contributed by atoms with van der Waals surface area (Å²) < 4.78 is 5.53. The SMILES string of the molecule is CC(/C=C1\SC(=S)N(CC(=O)OCC[NH+](C)C)C1=O)=C\c1ccccc1. The Hall–Kier alpha value is -1.96.